The monoisotopic (exact) mass is 315 g/mol. The van der Waals surface area contributed by atoms with E-state index in [-0.39, 0.29) is 17.1 Å². The van der Waals surface area contributed by atoms with Gasteiger partial charge in [-0.3, -0.25) is 0 Å². The van der Waals surface area contributed by atoms with Crippen LogP contribution in [0.4, 0.5) is 0 Å². The van der Waals surface area contributed by atoms with Gasteiger partial charge in [0.15, 0.2) is 0 Å². The van der Waals surface area contributed by atoms with Crippen molar-refractivity contribution in [2.75, 3.05) is 27.3 Å². The van der Waals surface area contributed by atoms with Crippen molar-refractivity contribution < 1.29 is 22.6 Å². The van der Waals surface area contributed by atoms with E-state index < -0.39 is 10.0 Å². The lowest BCUT2D eigenvalue weighted by Crippen LogP contribution is -2.48. The van der Waals surface area contributed by atoms with E-state index in [1.807, 2.05) is 13.8 Å². The van der Waals surface area contributed by atoms with Crippen LogP contribution in [0.5, 0.6) is 11.5 Å². The van der Waals surface area contributed by atoms with Crippen LogP contribution in [0, 0.1) is 0 Å². The van der Waals surface area contributed by atoms with E-state index in [2.05, 4.69) is 0 Å². The second kappa shape index (κ2) is 6.21. The molecule has 0 bridgehead atoms. The van der Waals surface area contributed by atoms with Gasteiger partial charge in [0.1, 0.15) is 16.4 Å². The van der Waals surface area contributed by atoms with Gasteiger partial charge in [0, 0.05) is 19.2 Å². The number of nitrogens with zero attached hydrogens (tertiary/aromatic N) is 1. The van der Waals surface area contributed by atoms with Crippen molar-refractivity contribution in [2.24, 2.45) is 0 Å². The van der Waals surface area contributed by atoms with Crippen LogP contribution in [0.2, 0.25) is 0 Å². The maximum Gasteiger partial charge on any atom is 0.247 e. The molecule has 1 fully saturated rings. The van der Waals surface area contributed by atoms with Gasteiger partial charge in [0.25, 0.3) is 0 Å². The summed E-state index contributed by atoms with van der Waals surface area (Å²) in [4.78, 5) is 0.116. The molecule has 6 nitrogen and oxygen atoms in total. The van der Waals surface area contributed by atoms with E-state index in [1.165, 1.54) is 24.6 Å². The first-order valence-corrected chi connectivity index (χ1v) is 8.20. The van der Waals surface area contributed by atoms with Crippen molar-refractivity contribution in [3.8, 4) is 11.5 Å². The molecule has 1 aliphatic heterocycles. The molecule has 1 aliphatic rings. The van der Waals surface area contributed by atoms with Gasteiger partial charge in [-0.25, -0.2) is 8.42 Å². The van der Waals surface area contributed by atoms with Gasteiger partial charge in [-0.1, -0.05) is 0 Å². The van der Waals surface area contributed by atoms with Crippen LogP contribution in [0.25, 0.3) is 0 Å². The Morgan fingerprint density at radius 2 is 1.76 bits per heavy atom. The van der Waals surface area contributed by atoms with Gasteiger partial charge in [-0.2, -0.15) is 4.31 Å². The molecule has 0 aromatic heterocycles. The highest BCUT2D eigenvalue weighted by Gasteiger charge is 2.34. The summed E-state index contributed by atoms with van der Waals surface area (Å²) >= 11 is 0. The Bertz CT molecular complexity index is 591. The topological polar surface area (TPSA) is 65.1 Å². The molecule has 1 aromatic carbocycles. The molecule has 21 heavy (non-hydrogen) atoms. The molecule has 1 heterocycles. The van der Waals surface area contributed by atoms with Crippen LogP contribution < -0.4 is 9.47 Å². The zero-order valence-corrected chi connectivity index (χ0v) is 13.5. The zero-order valence-electron chi connectivity index (χ0n) is 12.7. The standard InChI is InChI=1S/C14H21NO5S/c1-10-8-15(9-11(2)20-10)21(16,17)14-7-12(18-3)5-6-13(14)19-4/h5-7,10-11H,8-9H2,1-4H3/t10-,11-/m0/s1. The smallest absolute Gasteiger partial charge is 0.247 e. The SMILES string of the molecule is COc1ccc(OC)c(S(=O)(=O)N2C[C@H](C)O[C@@H](C)C2)c1. The van der Waals surface area contributed by atoms with Crippen molar-refractivity contribution in [2.45, 2.75) is 31.0 Å². The molecule has 2 atom stereocenters. The average Bonchev–Trinajstić information content (AvgIpc) is 2.45. The van der Waals surface area contributed by atoms with Crippen molar-refractivity contribution in [3.63, 3.8) is 0 Å². The molecular weight excluding hydrogens is 294 g/mol. The molecule has 0 radical (unpaired) electrons. The Hall–Kier alpha value is -1.31. The van der Waals surface area contributed by atoms with Crippen molar-refractivity contribution in [1.29, 1.82) is 0 Å². The summed E-state index contributed by atoms with van der Waals surface area (Å²) in [7, 11) is -0.708. The summed E-state index contributed by atoms with van der Waals surface area (Å²) in [6, 6.07) is 4.75. The predicted molar refractivity (Wildman–Crippen MR) is 78.3 cm³/mol. The summed E-state index contributed by atoms with van der Waals surface area (Å²) in [6.07, 6.45) is -0.278. The first-order chi connectivity index (χ1) is 9.88. The van der Waals surface area contributed by atoms with Crippen molar-refractivity contribution in [3.05, 3.63) is 18.2 Å². The predicted octanol–water partition coefficient (Wildman–Crippen LogP) is 1.50. The van der Waals surface area contributed by atoms with Gasteiger partial charge < -0.3 is 14.2 Å². The van der Waals surface area contributed by atoms with E-state index >= 15 is 0 Å². The minimum Gasteiger partial charge on any atom is -0.497 e. The average molecular weight is 315 g/mol. The second-order valence-corrected chi connectivity index (χ2v) is 7.00. The van der Waals surface area contributed by atoms with E-state index in [0.717, 1.165) is 0 Å². The summed E-state index contributed by atoms with van der Waals surface area (Å²) in [5.41, 5.74) is 0. The van der Waals surface area contributed by atoms with E-state index in [9.17, 15) is 8.42 Å². The van der Waals surface area contributed by atoms with Crippen LogP contribution in [0.15, 0.2) is 23.1 Å². The number of methoxy groups -OCH3 is 2. The maximum atomic E-state index is 12.9. The fraction of sp³-hybridized carbons (Fsp3) is 0.571. The fourth-order valence-corrected chi connectivity index (χ4v) is 4.21. The molecule has 0 aliphatic carbocycles. The third kappa shape index (κ3) is 3.30. The minimum absolute atomic E-state index is 0.116. The third-order valence-corrected chi connectivity index (χ3v) is 5.23. The lowest BCUT2D eigenvalue weighted by Gasteiger charge is -2.34. The second-order valence-electron chi connectivity index (χ2n) is 5.10. The van der Waals surface area contributed by atoms with E-state index in [1.54, 1.807) is 12.1 Å². The van der Waals surface area contributed by atoms with Crippen LogP contribution in [-0.2, 0) is 14.8 Å². The highest BCUT2D eigenvalue weighted by molar-refractivity contribution is 7.89. The van der Waals surface area contributed by atoms with Gasteiger partial charge in [0.2, 0.25) is 10.0 Å². The number of rotatable bonds is 4. The Kier molecular flexibility index (Phi) is 4.75. The molecule has 0 unspecified atom stereocenters. The number of morpholine rings is 1. The molecular formula is C14H21NO5S. The van der Waals surface area contributed by atoms with Crippen molar-refractivity contribution in [1.82, 2.24) is 4.31 Å². The van der Waals surface area contributed by atoms with Gasteiger partial charge in [-0.05, 0) is 26.0 Å². The summed E-state index contributed by atoms with van der Waals surface area (Å²) < 4.78 is 43.0. The summed E-state index contributed by atoms with van der Waals surface area (Å²) in [5.74, 6) is 0.784. The molecule has 7 heteroatoms. The quantitative estimate of drug-likeness (QED) is 0.842. The number of hydrogen-bond acceptors (Lipinski definition) is 5. The largest absolute Gasteiger partial charge is 0.497 e. The lowest BCUT2D eigenvalue weighted by molar-refractivity contribution is -0.0441. The van der Waals surface area contributed by atoms with Crippen LogP contribution in [0.1, 0.15) is 13.8 Å². The third-order valence-electron chi connectivity index (χ3n) is 3.37. The first-order valence-electron chi connectivity index (χ1n) is 6.76. The number of benzene rings is 1. The molecule has 1 saturated heterocycles. The number of ether oxygens (including phenoxy) is 3. The Balaban J connectivity index is 2.43. The van der Waals surface area contributed by atoms with Crippen LogP contribution in [0.3, 0.4) is 0 Å². The molecule has 0 N–H and O–H groups in total. The molecule has 0 spiro atoms. The maximum absolute atomic E-state index is 12.9. The van der Waals surface area contributed by atoms with Gasteiger partial charge in [0.05, 0.1) is 26.4 Å². The molecule has 0 amide bonds. The zero-order chi connectivity index (χ0) is 15.6. The van der Waals surface area contributed by atoms with E-state index in [4.69, 9.17) is 14.2 Å². The van der Waals surface area contributed by atoms with Gasteiger partial charge in [-0.15, -0.1) is 0 Å². The van der Waals surface area contributed by atoms with Crippen LogP contribution >= 0.6 is 0 Å². The molecule has 0 saturated carbocycles. The molecule has 118 valence electrons. The van der Waals surface area contributed by atoms with Gasteiger partial charge >= 0.3 is 0 Å². The van der Waals surface area contributed by atoms with Crippen molar-refractivity contribution >= 4 is 10.0 Å². The summed E-state index contributed by atoms with van der Waals surface area (Å²) in [6.45, 7) is 4.38. The first kappa shape index (κ1) is 16.1. The Morgan fingerprint density at radius 3 is 2.29 bits per heavy atom. The number of sulfonamides is 1. The Labute approximate surface area is 125 Å². The normalized spacial score (nSPS) is 23.8. The highest BCUT2D eigenvalue weighted by atomic mass is 32.2. The fourth-order valence-electron chi connectivity index (χ4n) is 2.45. The highest BCUT2D eigenvalue weighted by Crippen LogP contribution is 2.31. The summed E-state index contributed by atoms with van der Waals surface area (Å²) in [5, 5.41) is 0. The number of hydrogen-bond donors (Lipinski definition) is 0. The molecule has 1 aromatic rings. The van der Waals surface area contributed by atoms with Crippen LogP contribution in [-0.4, -0.2) is 52.2 Å². The Morgan fingerprint density at radius 1 is 1.14 bits per heavy atom. The lowest BCUT2D eigenvalue weighted by atomic mass is 10.3. The molecule has 2 rings (SSSR count). The van der Waals surface area contributed by atoms with E-state index in [0.29, 0.717) is 24.6 Å². The minimum atomic E-state index is -3.65.